The highest BCUT2D eigenvalue weighted by Gasteiger charge is 2.31. The summed E-state index contributed by atoms with van der Waals surface area (Å²) in [5.74, 6) is 1.75. The summed E-state index contributed by atoms with van der Waals surface area (Å²) in [6.45, 7) is 10.2. The molecule has 0 aliphatic carbocycles. The molecule has 0 radical (unpaired) electrons. The van der Waals surface area contributed by atoms with Crippen LogP contribution in [0.4, 0.5) is 5.69 Å². The molecule has 2 fully saturated rings. The van der Waals surface area contributed by atoms with Crippen LogP contribution in [-0.2, 0) is 0 Å². The summed E-state index contributed by atoms with van der Waals surface area (Å²) in [7, 11) is 1.90. The Morgan fingerprint density at radius 3 is 2.88 bits per heavy atom. The maximum atomic E-state index is 4.50. The molecular formula is C19H29BrN4. The number of hydrogen-bond acceptors (Lipinski definition) is 2. The van der Waals surface area contributed by atoms with E-state index in [9.17, 15) is 0 Å². The summed E-state index contributed by atoms with van der Waals surface area (Å²) in [5.41, 5.74) is 1.72. The van der Waals surface area contributed by atoms with E-state index in [2.05, 4.69) is 74.2 Å². The van der Waals surface area contributed by atoms with Gasteiger partial charge in [0.1, 0.15) is 0 Å². The predicted molar refractivity (Wildman–Crippen MR) is 106 cm³/mol. The fourth-order valence-corrected chi connectivity index (χ4v) is 4.15. The molecule has 3 rings (SSSR count). The van der Waals surface area contributed by atoms with Gasteiger partial charge in [0, 0.05) is 49.9 Å². The van der Waals surface area contributed by atoms with E-state index < -0.39 is 0 Å². The summed E-state index contributed by atoms with van der Waals surface area (Å²) < 4.78 is 1.15. The molecule has 0 bridgehead atoms. The summed E-state index contributed by atoms with van der Waals surface area (Å²) in [4.78, 5) is 9.39. The average Bonchev–Trinajstić information content (AvgIpc) is 3.15. The van der Waals surface area contributed by atoms with E-state index in [0.717, 1.165) is 43.2 Å². The highest BCUT2D eigenvalue weighted by Crippen LogP contribution is 2.29. The lowest BCUT2D eigenvalue weighted by Gasteiger charge is -2.25. The first kappa shape index (κ1) is 17.6. The van der Waals surface area contributed by atoms with E-state index in [1.54, 1.807) is 0 Å². The summed E-state index contributed by atoms with van der Waals surface area (Å²) >= 11 is 3.57. The molecule has 2 heterocycles. The second-order valence-corrected chi connectivity index (χ2v) is 8.76. The molecule has 1 unspecified atom stereocenters. The zero-order valence-electron chi connectivity index (χ0n) is 15.1. The molecule has 0 saturated carbocycles. The normalized spacial score (nSPS) is 23.8. The number of benzene rings is 1. The molecule has 0 aromatic heterocycles. The third-order valence-corrected chi connectivity index (χ3v) is 5.69. The van der Waals surface area contributed by atoms with Crippen LogP contribution in [0.25, 0.3) is 0 Å². The number of halogens is 1. The van der Waals surface area contributed by atoms with Crippen molar-refractivity contribution in [3.05, 3.63) is 28.7 Å². The maximum Gasteiger partial charge on any atom is 0.193 e. The lowest BCUT2D eigenvalue weighted by atomic mass is 9.93. The van der Waals surface area contributed by atoms with E-state index in [4.69, 9.17) is 0 Å². The van der Waals surface area contributed by atoms with Gasteiger partial charge in [-0.25, -0.2) is 0 Å². The smallest absolute Gasteiger partial charge is 0.193 e. The first-order chi connectivity index (χ1) is 11.5. The lowest BCUT2D eigenvalue weighted by Crippen LogP contribution is -2.42. The predicted octanol–water partition coefficient (Wildman–Crippen LogP) is 3.58. The molecule has 5 heteroatoms. The number of rotatable bonds is 3. The van der Waals surface area contributed by atoms with E-state index in [1.165, 1.54) is 18.5 Å². The Kier molecular flexibility index (Phi) is 5.38. The van der Waals surface area contributed by atoms with Crippen LogP contribution in [0.2, 0.25) is 0 Å². The minimum absolute atomic E-state index is 0.405. The molecule has 1 aromatic carbocycles. The molecule has 24 heavy (non-hydrogen) atoms. The van der Waals surface area contributed by atoms with Crippen LogP contribution >= 0.6 is 15.9 Å². The summed E-state index contributed by atoms with van der Waals surface area (Å²) in [6, 6.07) is 8.61. The second-order valence-electron chi connectivity index (χ2n) is 7.84. The molecule has 4 nitrogen and oxygen atoms in total. The van der Waals surface area contributed by atoms with E-state index in [0.29, 0.717) is 11.3 Å². The first-order valence-electron chi connectivity index (χ1n) is 8.93. The third kappa shape index (κ3) is 4.24. The Bertz CT molecular complexity index is 599. The number of anilines is 1. The lowest BCUT2D eigenvalue weighted by molar-refractivity contribution is 0.368. The Labute approximate surface area is 154 Å². The minimum Gasteiger partial charge on any atom is -0.371 e. The average molecular weight is 393 g/mol. The molecule has 1 aromatic rings. The van der Waals surface area contributed by atoms with Gasteiger partial charge in [0.15, 0.2) is 5.96 Å². The molecule has 132 valence electrons. The van der Waals surface area contributed by atoms with Crippen molar-refractivity contribution in [2.24, 2.45) is 16.3 Å². The Morgan fingerprint density at radius 2 is 2.21 bits per heavy atom. The van der Waals surface area contributed by atoms with Gasteiger partial charge >= 0.3 is 0 Å². The summed E-state index contributed by atoms with van der Waals surface area (Å²) in [6.07, 6.45) is 2.48. The fraction of sp³-hybridized carbons (Fsp3) is 0.632. The Morgan fingerprint density at radius 1 is 1.38 bits per heavy atom. The maximum absolute atomic E-state index is 4.50. The molecule has 2 saturated heterocycles. The number of nitrogens with zero attached hydrogens (tertiary/aromatic N) is 3. The van der Waals surface area contributed by atoms with Crippen LogP contribution in [0, 0.1) is 11.3 Å². The van der Waals surface area contributed by atoms with Crippen LogP contribution in [0.5, 0.6) is 0 Å². The van der Waals surface area contributed by atoms with Gasteiger partial charge in [-0.1, -0.05) is 35.8 Å². The van der Waals surface area contributed by atoms with E-state index >= 15 is 0 Å². The fourth-order valence-electron chi connectivity index (χ4n) is 3.77. The van der Waals surface area contributed by atoms with Crippen molar-refractivity contribution >= 4 is 27.6 Å². The zero-order chi connectivity index (χ0) is 17.2. The van der Waals surface area contributed by atoms with Gasteiger partial charge in [-0.2, -0.15) is 0 Å². The number of likely N-dealkylation sites (tertiary alicyclic amines) is 1. The van der Waals surface area contributed by atoms with Gasteiger partial charge in [-0.3, -0.25) is 4.99 Å². The van der Waals surface area contributed by atoms with Crippen molar-refractivity contribution in [2.75, 3.05) is 44.7 Å². The molecule has 2 aliphatic rings. The van der Waals surface area contributed by atoms with Gasteiger partial charge in [-0.15, -0.1) is 0 Å². The van der Waals surface area contributed by atoms with Gasteiger partial charge < -0.3 is 15.1 Å². The highest BCUT2D eigenvalue weighted by atomic mass is 79.9. The number of nitrogens with one attached hydrogen (secondary N) is 1. The first-order valence-corrected chi connectivity index (χ1v) is 9.72. The van der Waals surface area contributed by atoms with Crippen molar-refractivity contribution in [1.29, 1.82) is 0 Å². The van der Waals surface area contributed by atoms with Crippen LogP contribution < -0.4 is 10.2 Å². The van der Waals surface area contributed by atoms with Gasteiger partial charge in [-0.05, 0) is 42.4 Å². The van der Waals surface area contributed by atoms with E-state index in [1.807, 2.05) is 7.05 Å². The molecule has 2 aliphatic heterocycles. The Balaban J connectivity index is 1.51. The molecule has 1 N–H and O–H groups in total. The van der Waals surface area contributed by atoms with Crippen LogP contribution in [0.3, 0.4) is 0 Å². The minimum atomic E-state index is 0.405. The molecule has 0 spiro atoms. The molecular weight excluding hydrogens is 364 g/mol. The standard InChI is InChI=1S/C19H29BrN4/c1-19(2)8-10-24(14-19)18(21-3)22-12-15-7-9-23(13-15)17-6-4-5-16(20)11-17/h4-6,11,15H,7-10,12-14H2,1-3H3,(H,21,22). The SMILES string of the molecule is CN=C(NCC1CCN(c2cccc(Br)c2)C1)N1CCC(C)(C)C1. The van der Waals surface area contributed by atoms with Crippen molar-refractivity contribution in [2.45, 2.75) is 26.7 Å². The molecule has 0 amide bonds. The van der Waals surface area contributed by atoms with Gasteiger partial charge in [0.05, 0.1) is 0 Å². The zero-order valence-corrected chi connectivity index (χ0v) is 16.6. The summed E-state index contributed by atoms with van der Waals surface area (Å²) in [5, 5.41) is 3.61. The Hall–Kier alpha value is -1.23. The third-order valence-electron chi connectivity index (χ3n) is 5.20. The van der Waals surface area contributed by atoms with Crippen molar-refractivity contribution in [1.82, 2.24) is 10.2 Å². The largest absolute Gasteiger partial charge is 0.371 e. The number of hydrogen-bond donors (Lipinski definition) is 1. The van der Waals surface area contributed by atoms with Gasteiger partial charge in [0.25, 0.3) is 0 Å². The number of guanidine groups is 1. The van der Waals surface area contributed by atoms with Crippen LogP contribution in [0.15, 0.2) is 33.7 Å². The van der Waals surface area contributed by atoms with Crippen molar-refractivity contribution < 1.29 is 0 Å². The highest BCUT2D eigenvalue weighted by molar-refractivity contribution is 9.10. The monoisotopic (exact) mass is 392 g/mol. The number of aliphatic imine (C=N–C) groups is 1. The molecule has 1 atom stereocenters. The van der Waals surface area contributed by atoms with Crippen molar-refractivity contribution in [3.63, 3.8) is 0 Å². The second kappa shape index (κ2) is 7.34. The van der Waals surface area contributed by atoms with Gasteiger partial charge in [0.2, 0.25) is 0 Å². The van der Waals surface area contributed by atoms with Crippen LogP contribution in [0.1, 0.15) is 26.7 Å². The topological polar surface area (TPSA) is 30.9 Å². The van der Waals surface area contributed by atoms with E-state index in [-0.39, 0.29) is 0 Å². The van der Waals surface area contributed by atoms with Crippen LogP contribution in [-0.4, -0.2) is 50.6 Å². The van der Waals surface area contributed by atoms with Crippen molar-refractivity contribution in [3.8, 4) is 0 Å². The quantitative estimate of drug-likeness (QED) is 0.629.